The van der Waals surface area contributed by atoms with E-state index in [9.17, 15) is 9.59 Å². The number of para-hydroxylation sites is 2. The van der Waals surface area contributed by atoms with Crippen molar-refractivity contribution < 1.29 is 19.6 Å². The molecule has 0 radical (unpaired) electrons. The lowest BCUT2D eigenvalue weighted by atomic mass is 10.0. The summed E-state index contributed by atoms with van der Waals surface area (Å²) in [6, 6.07) is 15.2. The highest BCUT2D eigenvalue weighted by Gasteiger charge is 2.32. The molecule has 142 valence electrons. The molecule has 27 heavy (non-hydrogen) atoms. The number of ether oxygens (including phenoxy) is 1. The van der Waals surface area contributed by atoms with Crippen molar-refractivity contribution in [3.63, 3.8) is 0 Å². The third-order valence-corrected chi connectivity index (χ3v) is 4.93. The highest BCUT2D eigenvalue weighted by Crippen LogP contribution is 2.29. The summed E-state index contributed by atoms with van der Waals surface area (Å²) in [5.41, 5.74) is 2.58. The van der Waals surface area contributed by atoms with Gasteiger partial charge in [-0.05, 0) is 43.3 Å². The number of hydrogen-bond donors (Lipinski definition) is 2. The zero-order chi connectivity index (χ0) is 19.4. The van der Waals surface area contributed by atoms with Crippen molar-refractivity contribution in [1.29, 1.82) is 0 Å². The fourth-order valence-electron chi connectivity index (χ4n) is 3.44. The van der Waals surface area contributed by atoms with Gasteiger partial charge in [-0.3, -0.25) is 14.5 Å². The van der Waals surface area contributed by atoms with Crippen LogP contribution in [0.1, 0.15) is 31.9 Å². The van der Waals surface area contributed by atoms with Crippen LogP contribution in [0.5, 0.6) is 5.75 Å². The first-order chi connectivity index (χ1) is 13.0. The van der Waals surface area contributed by atoms with Gasteiger partial charge in [-0.2, -0.15) is 0 Å². The molecule has 2 aromatic carbocycles. The average molecular weight is 368 g/mol. The van der Waals surface area contributed by atoms with Gasteiger partial charge < -0.3 is 15.4 Å². The molecule has 0 aliphatic carbocycles. The normalized spacial score (nSPS) is 15.5. The topological polar surface area (TPSA) is 75.2 Å². The molecule has 1 aliphatic heterocycles. The highest BCUT2D eigenvalue weighted by atomic mass is 16.5. The van der Waals surface area contributed by atoms with E-state index in [2.05, 4.69) is 17.6 Å². The van der Waals surface area contributed by atoms with Gasteiger partial charge in [0.1, 0.15) is 18.3 Å². The molecule has 1 aliphatic rings. The predicted octanol–water partition coefficient (Wildman–Crippen LogP) is 2.08. The maximum Gasteiger partial charge on any atom is 0.285 e. The van der Waals surface area contributed by atoms with Crippen LogP contribution >= 0.6 is 0 Å². The quantitative estimate of drug-likeness (QED) is 0.820. The smallest absolute Gasteiger partial charge is 0.285 e. The number of anilines is 2. The van der Waals surface area contributed by atoms with Gasteiger partial charge in [0.15, 0.2) is 6.04 Å². The van der Waals surface area contributed by atoms with Gasteiger partial charge in [-0.1, -0.05) is 19.1 Å². The third-order valence-electron chi connectivity index (χ3n) is 4.93. The lowest BCUT2D eigenvalue weighted by molar-refractivity contribution is -0.713. The minimum Gasteiger partial charge on any atom is -0.497 e. The van der Waals surface area contributed by atoms with E-state index in [1.807, 2.05) is 55.5 Å². The molecule has 0 saturated carbocycles. The average Bonchev–Trinajstić information content (AvgIpc) is 2.70. The predicted molar refractivity (Wildman–Crippen MR) is 105 cm³/mol. The molecule has 0 saturated heterocycles. The molecular weight excluding hydrogens is 342 g/mol. The Morgan fingerprint density at radius 2 is 1.93 bits per heavy atom. The second kappa shape index (κ2) is 8.22. The minimum atomic E-state index is -0.309. The zero-order valence-electron chi connectivity index (χ0n) is 15.9. The van der Waals surface area contributed by atoms with E-state index in [1.165, 1.54) is 0 Å². The Balaban J connectivity index is 1.75. The van der Waals surface area contributed by atoms with E-state index >= 15 is 0 Å². The van der Waals surface area contributed by atoms with Crippen LogP contribution in [0.3, 0.4) is 0 Å². The molecule has 2 amide bonds. The standard InChI is InChI=1S/C21H25N3O3/c1-4-17(15-9-11-16(27-3)12-10-15)22-14(2)21(26)24-13-20(25)23-18-7-5-6-8-19(18)24/h5-12,14,17,22H,4,13H2,1-3H3,(H,23,25)/p+1/t14-,17+/m0/s1. The van der Waals surface area contributed by atoms with Crippen molar-refractivity contribution in [3.05, 3.63) is 54.1 Å². The van der Waals surface area contributed by atoms with Gasteiger partial charge in [-0.15, -0.1) is 0 Å². The molecule has 0 spiro atoms. The Bertz CT molecular complexity index is 820. The lowest BCUT2D eigenvalue weighted by Gasteiger charge is -2.31. The molecule has 2 aromatic rings. The molecular formula is C21H26N3O3+. The first-order valence-electron chi connectivity index (χ1n) is 9.22. The fourth-order valence-corrected chi connectivity index (χ4v) is 3.44. The Hall–Kier alpha value is -2.86. The molecule has 0 unspecified atom stereocenters. The number of carbonyl (C=O) groups is 2. The summed E-state index contributed by atoms with van der Waals surface area (Å²) >= 11 is 0. The van der Waals surface area contributed by atoms with E-state index < -0.39 is 0 Å². The van der Waals surface area contributed by atoms with Crippen LogP contribution in [-0.2, 0) is 9.59 Å². The zero-order valence-corrected chi connectivity index (χ0v) is 15.9. The minimum absolute atomic E-state index is 0.0490. The largest absolute Gasteiger partial charge is 0.497 e. The number of nitrogens with two attached hydrogens (primary N) is 1. The summed E-state index contributed by atoms with van der Waals surface area (Å²) in [5.74, 6) is 0.578. The molecule has 3 rings (SSSR count). The van der Waals surface area contributed by atoms with Crippen molar-refractivity contribution in [3.8, 4) is 5.75 Å². The molecule has 6 heteroatoms. The molecule has 0 fully saturated rings. The van der Waals surface area contributed by atoms with Crippen molar-refractivity contribution in [1.82, 2.24) is 0 Å². The number of amides is 2. The number of benzene rings is 2. The van der Waals surface area contributed by atoms with Crippen molar-refractivity contribution >= 4 is 23.2 Å². The van der Waals surface area contributed by atoms with E-state index in [0.29, 0.717) is 5.69 Å². The summed E-state index contributed by atoms with van der Waals surface area (Å²) in [5, 5.41) is 4.89. The first-order valence-corrected chi connectivity index (χ1v) is 9.22. The van der Waals surface area contributed by atoms with E-state index in [1.54, 1.807) is 12.0 Å². The lowest BCUT2D eigenvalue weighted by Crippen LogP contribution is -2.92. The van der Waals surface area contributed by atoms with Crippen molar-refractivity contribution in [2.75, 3.05) is 23.9 Å². The molecule has 0 bridgehead atoms. The van der Waals surface area contributed by atoms with Gasteiger partial charge in [-0.25, -0.2) is 0 Å². The maximum absolute atomic E-state index is 13.1. The number of hydrogen-bond acceptors (Lipinski definition) is 3. The van der Waals surface area contributed by atoms with E-state index in [0.717, 1.165) is 23.4 Å². The number of nitrogens with zero attached hydrogens (tertiary/aromatic N) is 1. The molecule has 0 aromatic heterocycles. The summed E-state index contributed by atoms with van der Waals surface area (Å²) in [4.78, 5) is 26.7. The molecule has 6 nitrogen and oxygen atoms in total. The summed E-state index contributed by atoms with van der Waals surface area (Å²) < 4.78 is 5.22. The molecule has 1 heterocycles. The number of methoxy groups -OCH3 is 1. The van der Waals surface area contributed by atoms with Crippen LogP contribution in [0.25, 0.3) is 0 Å². The summed E-state index contributed by atoms with van der Waals surface area (Å²) in [7, 11) is 1.64. The van der Waals surface area contributed by atoms with Crippen molar-refractivity contribution in [2.45, 2.75) is 32.4 Å². The number of fused-ring (bicyclic) bond motifs is 1. The Labute approximate surface area is 159 Å². The molecule has 3 N–H and O–H groups in total. The van der Waals surface area contributed by atoms with Crippen LogP contribution < -0.4 is 20.3 Å². The third kappa shape index (κ3) is 4.11. The van der Waals surface area contributed by atoms with Gasteiger partial charge in [0.2, 0.25) is 5.91 Å². The maximum atomic E-state index is 13.1. The Kier molecular flexibility index (Phi) is 5.76. The first kappa shape index (κ1) is 18.9. The van der Waals surface area contributed by atoms with Gasteiger partial charge in [0, 0.05) is 12.0 Å². The number of quaternary nitrogens is 1. The Morgan fingerprint density at radius 1 is 1.22 bits per heavy atom. The van der Waals surface area contributed by atoms with Crippen LogP contribution in [0.15, 0.2) is 48.5 Å². The van der Waals surface area contributed by atoms with Crippen LogP contribution in [0, 0.1) is 0 Å². The number of carbonyl (C=O) groups excluding carboxylic acids is 2. The van der Waals surface area contributed by atoms with Crippen molar-refractivity contribution in [2.24, 2.45) is 0 Å². The van der Waals surface area contributed by atoms with Crippen LogP contribution in [0.4, 0.5) is 11.4 Å². The Morgan fingerprint density at radius 3 is 2.59 bits per heavy atom. The fraction of sp³-hybridized carbons (Fsp3) is 0.333. The van der Waals surface area contributed by atoms with E-state index in [-0.39, 0.29) is 30.4 Å². The van der Waals surface area contributed by atoms with Crippen LogP contribution in [0.2, 0.25) is 0 Å². The number of nitrogens with one attached hydrogen (secondary N) is 1. The van der Waals surface area contributed by atoms with Crippen LogP contribution in [-0.4, -0.2) is 31.5 Å². The second-order valence-electron chi connectivity index (χ2n) is 6.76. The monoisotopic (exact) mass is 368 g/mol. The van der Waals surface area contributed by atoms with Gasteiger partial charge >= 0.3 is 0 Å². The summed E-state index contributed by atoms with van der Waals surface area (Å²) in [6.45, 7) is 4.04. The highest BCUT2D eigenvalue weighted by molar-refractivity contribution is 6.10. The van der Waals surface area contributed by atoms with E-state index in [4.69, 9.17) is 4.74 Å². The second-order valence-corrected chi connectivity index (χ2v) is 6.76. The van der Waals surface area contributed by atoms with Gasteiger partial charge in [0.05, 0.1) is 18.5 Å². The van der Waals surface area contributed by atoms with Gasteiger partial charge in [0.25, 0.3) is 5.91 Å². The number of rotatable bonds is 6. The molecule has 2 atom stereocenters. The SMILES string of the molecule is CC[C@@H]([NH2+][C@@H](C)C(=O)N1CC(=O)Nc2ccccc21)c1ccc(OC)cc1. The summed E-state index contributed by atoms with van der Waals surface area (Å²) in [6.07, 6.45) is 0.890.